The number of aryl methyl sites for hydroxylation is 1. The van der Waals surface area contributed by atoms with Gasteiger partial charge >= 0.3 is 0 Å². The highest BCUT2D eigenvalue weighted by atomic mass is 16.5. The van der Waals surface area contributed by atoms with E-state index in [1.54, 1.807) is 6.33 Å². The Morgan fingerprint density at radius 2 is 2.35 bits per heavy atom. The summed E-state index contributed by atoms with van der Waals surface area (Å²) in [5.74, 6) is 1.78. The highest BCUT2D eigenvalue weighted by Crippen LogP contribution is 2.31. The van der Waals surface area contributed by atoms with E-state index in [-0.39, 0.29) is 5.41 Å². The van der Waals surface area contributed by atoms with Gasteiger partial charge in [-0.25, -0.2) is 4.98 Å². The van der Waals surface area contributed by atoms with Gasteiger partial charge in [-0.2, -0.15) is 5.10 Å². The minimum absolute atomic E-state index is 0.188. The van der Waals surface area contributed by atoms with E-state index in [4.69, 9.17) is 4.74 Å². The standard InChI is InChI=1S/C15H28N4O/c1-4-6-19-14(17-12-18-19)8-15(5-7-20-11-15)10-16-9-13(2)3/h12-13,16H,4-11H2,1-3H3. The Morgan fingerprint density at radius 3 is 3.00 bits per heavy atom. The van der Waals surface area contributed by atoms with E-state index in [0.717, 1.165) is 57.9 Å². The first kappa shape index (κ1) is 15.4. The summed E-state index contributed by atoms with van der Waals surface area (Å²) in [4.78, 5) is 4.46. The molecule has 114 valence electrons. The Morgan fingerprint density at radius 1 is 1.50 bits per heavy atom. The Labute approximate surface area is 122 Å². The lowest BCUT2D eigenvalue weighted by atomic mass is 9.83. The highest BCUT2D eigenvalue weighted by molar-refractivity contribution is 4.97. The maximum Gasteiger partial charge on any atom is 0.138 e. The molecule has 0 aliphatic carbocycles. The van der Waals surface area contributed by atoms with E-state index in [9.17, 15) is 0 Å². The average Bonchev–Trinajstić information content (AvgIpc) is 3.01. The monoisotopic (exact) mass is 280 g/mol. The van der Waals surface area contributed by atoms with Gasteiger partial charge in [0.1, 0.15) is 12.2 Å². The lowest BCUT2D eigenvalue weighted by Gasteiger charge is -2.28. The van der Waals surface area contributed by atoms with Crippen molar-refractivity contribution in [1.29, 1.82) is 0 Å². The van der Waals surface area contributed by atoms with Gasteiger partial charge in [0.05, 0.1) is 6.61 Å². The Kier molecular flexibility index (Phi) is 5.54. The van der Waals surface area contributed by atoms with E-state index in [1.807, 2.05) is 4.68 Å². The summed E-state index contributed by atoms with van der Waals surface area (Å²) in [5.41, 5.74) is 0.188. The normalized spacial score (nSPS) is 22.8. The van der Waals surface area contributed by atoms with Crippen molar-refractivity contribution in [3.05, 3.63) is 12.2 Å². The smallest absolute Gasteiger partial charge is 0.138 e. The third-order valence-corrected chi connectivity index (χ3v) is 3.90. The quantitative estimate of drug-likeness (QED) is 0.790. The van der Waals surface area contributed by atoms with Gasteiger partial charge in [0.2, 0.25) is 0 Å². The largest absolute Gasteiger partial charge is 0.381 e. The molecule has 0 spiro atoms. The van der Waals surface area contributed by atoms with Crippen molar-refractivity contribution >= 4 is 0 Å². The first-order valence-electron chi connectivity index (χ1n) is 7.80. The van der Waals surface area contributed by atoms with E-state index in [1.165, 1.54) is 0 Å². The van der Waals surface area contributed by atoms with Gasteiger partial charge in [0, 0.05) is 31.5 Å². The van der Waals surface area contributed by atoms with Gasteiger partial charge in [-0.3, -0.25) is 4.68 Å². The van der Waals surface area contributed by atoms with Crippen LogP contribution in [0.2, 0.25) is 0 Å². The van der Waals surface area contributed by atoms with Gasteiger partial charge in [-0.15, -0.1) is 0 Å². The van der Waals surface area contributed by atoms with Crippen LogP contribution in [0.1, 0.15) is 39.4 Å². The van der Waals surface area contributed by atoms with E-state index < -0.39 is 0 Å². The van der Waals surface area contributed by atoms with Gasteiger partial charge in [0.15, 0.2) is 0 Å². The third kappa shape index (κ3) is 4.03. The van der Waals surface area contributed by atoms with Crippen LogP contribution >= 0.6 is 0 Å². The molecule has 1 aliphatic rings. The van der Waals surface area contributed by atoms with Crippen LogP contribution in [0.3, 0.4) is 0 Å². The zero-order chi connectivity index (χ0) is 14.4. The summed E-state index contributed by atoms with van der Waals surface area (Å²) in [6, 6.07) is 0. The number of hydrogen-bond acceptors (Lipinski definition) is 4. The zero-order valence-corrected chi connectivity index (χ0v) is 13.1. The first-order valence-corrected chi connectivity index (χ1v) is 7.80. The Balaban J connectivity index is 1.99. The summed E-state index contributed by atoms with van der Waals surface area (Å²) < 4.78 is 7.71. The van der Waals surface area contributed by atoms with Crippen LogP contribution < -0.4 is 5.32 Å². The second kappa shape index (κ2) is 7.18. The lowest BCUT2D eigenvalue weighted by molar-refractivity contribution is 0.146. The molecule has 1 aromatic heterocycles. The molecule has 0 saturated carbocycles. The molecule has 1 N–H and O–H groups in total. The molecule has 1 aromatic rings. The van der Waals surface area contributed by atoms with E-state index in [0.29, 0.717) is 5.92 Å². The van der Waals surface area contributed by atoms with Crippen molar-refractivity contribution in [1.82, 2.24) is 20.1 Å². The summed E-state index contributed by atoms with van der Waals surface area (Å²) >= 11 is 0. The highest BCUT2D eigenvalue weighted by Gasteiger charge is 2.36. The van der Waals surface area contributed by atoms with Crippen LogP contribution in [0.15, 0.2) is 6.33 Å². The molecular weight excluding hydrogens is 252 g/mol. The van der Waals surface area contributed by atoms with Crippen LogP contribution in [0.25, 0.3) is 0 Å². The number of aromatic nitrogens is 3. The molecule has 20 heavy (non-hydrogen) atoms. The van der Waals surface area contributed by atoms with Crippen LogP contribution in [0.5, 0.6) is 0 Å². The minimum atomic E-state index is 0.188. The molecule has 5 heteroatoms. The lowest BCUT2D eigenvalue weighted by Crippen LogP contribution is -2.38. The van der Waals surface area contributed by atoms with Crippen molar-refractivity contribution in [2.45, 2.75) is 46.6 Å². The molecule has 1 saturated heterocycles. The molecule has 0 aromatic carbocycles. The van der Waals surface area contributed by atoms with Crippen molar-refractivity contribution in [3.8, 4) is 0 Å². The van der Waals surface area contributed by atoms with Crippen LogP contribution in [0.4, 0.5) is 0 Å². The predicted octanol–water partition coefficient (Wildman–Crippen LogP) is 1.88. The van der Waals surface area contributed by atoms with Gasteiger partial charge in [-0.1, -0.05) is 20.8 Å². The molecular formula is C15H28N4O. The minimum Gasteiger partial charge on any atom is -0.381 e. The zero-order valence-electron chi connectivity index (χ0n) is 13.1. The number of ether oxygens (including phenoxy) is 1. The van der Waals surface area contributed by atoms with Gasteiger partial charge in [-0.05, 0) is 25.3 Å². The van der Waals surface area contributed by atoms with Crippen molar-refractivity contribution in [2.75, 3.05) is 26.3 Å². The maximum atomic E-state index is 5.67. The number of rotatable bonds is 8. The molecule has 1 atom stereocenters. The average molecular weight is 280 g/mol. The molecule has 0 radical (unpaired) electrons. The predicted molar refractivity (Wildman–Crippen MR) is 79.6 cm³/mol. The van der Waals surface area contributed by atoms with Crippen molar-refractivity contribution < 1.29 is 4.74 Å². The molecule has 1 fully saturated rings. The summed E-state index contributed by atoms with van der Waals surface area (Å²) in [6.07, 6.45) is 4.83. The first-order chi connectivity index (χ1) is 9.65. The Hall–Kier alpha value is -0.940. The van der Waals surface area contributed by atoms with Gasteiger partial charge < -0.3 is 10.1 Å². The fourth-order valence-corrected chi connectivity index (χ4v) is 2.78. The summed E-state index contributed by atoms with van der Waals surface area (Å²) in [6.45, 7) is 11.4. The molecule has 2 heterocycles. The second-order valence-electron chi connectivity index (χ2n) is 6.40. The van der Waals surface area contributed by atoms with E-state index in [2.05, 4.69) is 36.2 Å². The molecule has 5 nitrogen and oxygen atoms in total. The molecule has 1 unspecified atom stereocenters. The maximum absolute atomic E-state index is 5.67. The van der Waals surface area contributed by atoms with E-state index >= 15 is 0 Å². The van der Waals surface area contributed by atoms with Gasteiger partial charge in [0.25, 0.3) is 0 Å². The van der Waals surface area contributed by atoms with Crippen molar-refractivity contribution in [3.63, 3.8) is 0 Å². The Bertz CT molecular complexity index is 396. The number of hydrogen-bond donors (Lipinski definition) is 1. The molecule has 0 amide bonds. The molecule has 0 bridgehead atoms. The fraction of sp³-hybridized carbons (Fsp3) is 0.867. The van der Waals surface area contributed by atoms with Crippen LogP contribution in [-0.2, 0) is 17.7 Å². The number of nitrogens with one attached hydrogen (secondary N) is 1. The van der Waals surface area contributed by atoms with Crippen LogP contribution in [-0.4, -0.2) is 41.1 Å². The summed E-state index contributed by atoms with van der Waals surface area (Å²) in [7, 11) is 0. The third-order valence-electron chi connectivity index (χ3n) is 3.90. The topological polar surface area (TPSA) is 52.0 Å². The van der Waals surface area contributed by atoms with Crippen molar-refractivity contribution in [2.24, 2.45) is 11.3 Å². The summed E-state index contributed by atoms with van der Waals surface area (Å²) in [5, 5.41) is 7.93. The number of nitrogens with zero attached hydrogens (tertiary/aromatic N) is 3. The second-order valence-corrected chi connectivity index (χ2v) is 6.40. The van der Waals surface area contributed by atoms with Crippen LogP contribution in [0, 0.1) is 11.3 Å². The molecule has 2 rings (SSSR count). The SMILES string of the molecule is CCCn1ncnc1CC1(CNCC(C)C)CCOC1. The molecule has 1 aliphatic heterocycles. The fourth-order valence-electron chi connectivity index (χ4n) is 2.78.